The van der Waals surface area contributed by atoms with Crippen molar-refractivity contribution in [3.05, 3.63) is 66.8 Å². The van der Waals surface area contributed by atoms with Gasteiger partial charge in [-0.15, -0.1) is 0 Å². The number of allylic oxidation sites excluding steroid dienone is 2. The molecular formula is C24H25N7. The maximum absolute atomic E-state index is 4.95. The van der Waals surface area contributed by atoms with Gasteiger partial charge in [0.2, 0.25) is 0 Å². The molecule has 156 valence electrons. The van der Waals surface area contributed by atoms with Gasteiger partial charge in [-0.3, -0.25) is 10.1 Å². The Balaban J connectivity index is 1.56. The Morgan fingerprint density at radius 2 is 2.00 bits per heavy atom. The highest BCUT2D eigenvalue weighted by molar-refractivity contribution is 5.89. The summed E-state index contributed by atoms with van der Waals surface area (Å²) in [7, 11) is 0. The predicted molar refractivity (Wildman–Crippen MR) is 123 cm³/mol. The van der Waals surface area contributed by atoms with E-state index in [1.165, 1.54) is 19.3 Å². The van der Waals surface area contributed by atoms with Gasteiger partial charge in [0.25, 0.3) is 0 Å². The van der Waals surface area contributed by atoms with E-state index in [1.807, 2.05) is 36.5 Å². The zero-order valence-corrected chi connectivity index (χ0v) is 17.6. The first-order chi connectivity index (χ1) is 15.2. The summed E-state index contributed by atoms with van der Waals surface area (Å²) in [4.78, 5) is 19.8. The molecule has 1 aliphatic heterocycles. The van der Waals surface area contributed by atoms with E-state index in [0.29, 0.717) is 11.5 Å². The van der Waals surface area contributed by atoms with E-state index >= 15 is 0 Å². The fraction of sp³-hybridized carbons (Fsp3) is 0.250. The second kappa shape index (κ2) is 8.18. The average molecular weight is 412 g/mol. The lowest BCUT2D eigenvalue weighted by Crippen LogP contribution is -2.28. The van der Waals surface area contributed by atoms with Gasteiger partial charge < -0.3 is 9.88 Å². The Hall–Kier alpha value is -3.74. The Kier molecular flexibility index (Phi) is 5.08. The summed E-state index contributed by atoms with van der Waals surface area (Å²) in [5.74, 6) is 0.710. The molecule has 0 amide bonds. The molecule has 0 aromatic carbocycles. The van der Waals surface area contributed by atoms with Crippen molar-refractivity contribution in [1.82, 2.24) is 35.0 Å². The highest BCUT2D eigenvalue weighted by atomic mass is 15.2. The quantitative estimate of drug-likeness (QED) is 0.464. The van der Waals surface area contributed by atoms with Crippen LogP contribution in [0.15, 0.2) is 55.4 Å². The Morgan fingerprint density at radius 3 is 2.77 bits per heavy atom. The van der Waals surface area contributed by atoms with Crippen molar-refractivity contribution >= 4 is 16.7 Å². The predicted octanol–water partition coefficient (Wildman–Crippen LogP) is 4.73. The zero-order chi connectivity index (χ0) is 21.2. The summed E-state index contributed by atoms with van der Waals surface area (Å²) in [5, 5.41) is 7.61. The van der Waals surface area contributed by atoms with Crippen LogP contribution in [0.25, 0.3) is 39.5 Å². The van der Waals surface area contributed by atoms with Crippen LogP contribution in [-0.4, -0.2) is 48.1 Å². The number of hydrogen-bond donors (Lipinski definition) is 2. The Morgan fingerprint density at radius 1 is 1.13 bits per heavy atom. The molecule has 0 bridgehead atoms. The molecule has 0 unspecified atom stereocenters. The smallest absolute Gasteiger partial charge is 0.161 e. The number of hydrogen-bond acceptors (Lipinski definition) is 5. The third kappa shape index (κ3) is 3.63. The van der Waals surface area contributed by atoms with E-state index in [-0.39, 0.29) is 0 Å². The lowest BCUT2D eigenvalue weighted by molar-refractivity contribution is 0.325. The summed E-state index contributed by atoms with van der Waals surface area (Å²) in [6.07, 6.45) is 11.2. The standard InChI is InChI=1S/C24H25N7/c1-3-8-20(31-13-5-4-6-14-31)21-16(2)26-24(28-21)23-22-19(29-30-23)11-10-18(27-22)17-9-7-12-25-15-17/h3,7-12,15H,1,4-6,13-14H2,2H3,(H,26,28)(H,29,30)/b20-8+. The lowest BCUT2D eigenvalue weighted by atomic mass is 10.1. The molecule has 4 aromatic rings. The molecule has 0 radical (unpaired) electrons. The molecule has 31 heavy (non-hydrogen) atoms. The minimum Gasteiger partial charge on any atom is -0.370 e. The number of pyridine rings is 2. The first-order valence-electron chi connectivity index (χ1n) is 10.6. The van der Waals surface area contributed by atoms with Crippen molar-refractivity contribution < 1.29 is 0 Å². The van der Waals surface area contributed by atoms with Gasteiger partial charge >= 0.3 is 0 Å². The van der Waals surface area contributed by atoms with Crippen LogP contribution in [0, 0.1) is 6.92 Å². The SMILES string of the molecule is C=C/C=C(\c1nc(-c2n[nH]c3ccc(-c4cccnc4)nc23)[nH]c1C)N1CCCCC1. The van der Waals surface area contributed by atoms with E-state index in [0.717, 1.165) is 52.5 Å². The molecule has 5 rings (SSSR count). The summed E-state index contributed by atoms with van der Waals surface area (Å²) < 4.78 is 0. The first-order valence-corrected chi connectivity index (χ1v) is 10.6. The molecule has 2 N–H and O–H groups in total. The molecule has 1 fully saturated rings. The monoisotopic (exact) mass is 411 g/mol. The number of aromatic amines is 2. The fourth-order valence-corrected chi connectivity index (χ4v) is 4.14. The van der Waals surface area contributed by atoms with Crippen LogP contribution in [-0.2, 0) is 0 Å². The fourth-order valence-electron chi connectivity index (χ4n) is 4.14. The molecule has 0 spiro atoms. The number of piperidine rings is 1. The van der Waals surface area contributed by atoms with Crippen LogP contribution in [0.1, 0.15) is 30.7 Å². The van der Waals surface area contributed by atoms with Gasteiger partial charge in [-0.1, -0.05) is 12.7 Å². The van der Waals surface area contributed by atoms with Crippen LogP contribution in [0.5, 0.6) is 0 Å². The average Bonchev–Trinajstić information content (AvgIpc) is 3.41. The number of rotatable bonds is 5. The van der Waals surface area contributed by atoms with Crippen molar-refractivity contribution in [2.24, 2.45) is 0 Å². The second-order valence-electron chi connectivity index (χ2n) is 7.80. The number of H-pyrrole nitrogens is 2. The van der Waals surface area contributed by atoms with Crippen molar-refractivity contribution in [1.29, 1.82) is 0 Å². The van der Waals surface area contributed by atoms with Crippen LogP contribution < -0.4 is 0 Å². The third-order valence-corrected chi connectivity index (χ3v) is 5.69. The van der Waals surface area contributed by atoms with Crippen LogP contribution >= 0.6 is 0 Å². The maximum Gasteiger partial charge on any atom is 0.161 e. The summed E-state index contributed by atoms with van der Waals surface area (Å²) >= 11 is 0. The zero-order valence-electron chi connectivity index (χ0n) is 17.6. The largest absolute Gasteiger partial charge is 0.370 e. The molecule has 0 saturated carbocycles. The topological polar surface area (TPSA) is 86.4 Å². The van der Waals surface area contributed by atoms with Crippen LogP contribution in [0.3, 0.4) is 0 Å². The minimum atomic E-state index is 0.710. The summed E-state index contributed by atoms with van der Waals surface area (Å²) in [6, 6.07) is 7.88. The highest BCUT2D eigenvalue weighted by Gasteiger charge is 2.22. The highest BCUT2D eigenvalue weighted by Crippen LogP contribution is 2.30. The van der Waals surface area contributed by atoms with Crippen molar-refractivity contribution in [3.8, 4) is 22.8 Å². The van der Waals surface area contributed by atoms with E-state index in [4.69, 9.17) is 9.97 Å². The molecule has 7 heteroatoms. The molecule has 1 saturated heterocycles. The molecule has 0 aliphatic carbocycles. The number of nitrogens with zero attached hydrogens (tertiary/aromatic N) is 5. The van der Waals surface area contributed by atoms with Gasteiger partial charge in [0, 0.05) is 36.7 Å². The molecule has 1 aliphatic rings. The number of aryl methyl sites for hydroxylation is 1. The van der Waals surface area contributed by atoms with Crippen molar-refractivity contribution in [3.63, 3.8) is 0 Å². The third-order valence-electron chi connectivity index (χ3n) is 5.69. The molecule has 4 aromatic heterocycles. The maximum atomic E-state index is 4.95. The van der Waals surface area contributed by atoms with Crippen molar-refractivity contribution in [2.45, 2.75) is 26.2 Å². The number of aromatic nitrogens is 6. The van der Waals surface area contributed by atoms with E-state index in [2.05, 4.69) is 44.6 Å². The number of fused-ring (bicyclic) bond motifs is 1. The summed E-state index contributed by atoms with van der Waals surface area (Å²) in [5.41, 5.74) is 7.25. The number of likely N-dealkylation sites (tertiary alicyclic amines) is 1. The number of imidazole rings is 1. The van der Waals surface area contributed by atoms with Gasteiger partial charge in [0.1, 0.15) is 11.2 Å². The lowest BCUT2D eigenvalue weighted by Gasteiger charge is -2.30. The number of nitrogens with one attached hydrogen (secondary N) is 2. The Labute approximate surface area is 181 Å². The normalized spacial score (nSPS) is 14.9. The van der Waals surface area contributed by atoms with Crippen LogP contribution in [0.2, 0.25) is 0 Å². The second-order valence-corrected chi connectivity index (χ2v) is 7.80. The molecular weight excluding hydrogens is 386 g/mol. The van der Waals surface area contributed by atoms with E-state index in [1.54, 1.807) is 6.20 Å². The first kappa shape index (κ1) is 19.2. The summed E-state index contributed by atoms with van der Waals surface area (Å²) in [6.45, 7) is 8.05. The van der Waals surface area contributed by atoms with Crippen molar-refractivity contribution in [2.75, 3.05) is 13.1 Å². The minimum absolute atomic E-state index is 0.710. The van der Waals surface area contributed by atoms with Gasteiger partial charge in [0.05, 0.1) is 16.9 Å². The Bertz CT molecular complexity index is 1240. The molecule has 7 nitrogen and oxygen atoms in total. The van der Waals surface area contributed by atoms with E-state index in [9.17, 15) is 0 Å². The van der Waals surface area contributed by atoms with Gasteiger partial charge in [0.15, 0.2) is 11.5 Å². The van der Waals surface area contributed by atoms with Gasteiger partial charge in [-0.05, 0) is 56.5 Å². The molecule has 0 atom stereocenters. The van der Waals surface area contributed by atoms with Gasteiger partial charge in [-0.25, -0.2) is 9.97 Å². The molecule has 5 heterocycles. The van der Waals surface area contributed by atoms with Gasteiger partial charge in [-0.2, -0.15) is 5.10 Å². The van der Waals surface area contributed by atoms with Crippen LogP contribution in [0.4, 0.5) is 0 Å². The van der Waals surface area contributed by atoms with E-state index < -0.39 is 0 Å².